The Kier molecular flexibility index (Phi) is 6.98. The van der Waals surface area contributed by atoms with Crippen molar-refractivity contribution < 1.29 is 37.3 Å². The van der Waals surface area contributed by atoms with Crippen LogP contribution in [-0.2, 0) is 36.9 Å². The fourth-order valence-electron chi connectivity index (χ4n) is 4.98. The van der Waals surface area contributed by atoms with Crippen molar-refractivity contribution in [1.82, 2.24) is 14.5 Å². The molecule has 5 rings (SSSR count). The van der Waals surface area contributed by atoms with Crippen LogP contribution in [0.1, 0.15) is 36.9 Å². The molecular weight excluding hydrogens is 535 g/mol. The van der Waals surface area contributed by atoms with Crippen molar-refractivity contribution in [3.63, 3.8) is 0 Å². The molecule has 204 valence electrons. The highest BCUT2D eigenvalue weighted by molar-refractivity contribution is 7.12. The van der Waals surface area contributed by atoms with Gasteiger partial charge in [-0.25, -0.2) is 9.78 Å². The molecule has 0 unspecified atom stereocenters. The highest BCUT2D eigenvalue weighted by Gasteiger charge is 2.33. The summed E-state index contributed by atoms with van der Waals surface area (Å²) in [5.74, 6) is -1.22. The van der Waals surface area contributed by atoms with Crippen LogP contribution in [0.4, 0.5) is 13.2 Å². The molecular formula is C27H24F3N3O5S. The minimum Gasteiger partial charge on any atom is -0.496 e. The van der Waals surface area contributed by atoms with E-state index in [4.69, 9.17) is 9.47 Å². The zero-order chi connectivity index (χ0) is 27.9. The standard InChI is InChI=1S/C27H24F3N3O5S/c1-37-20-10-15(11-21(38-2)24(20)26(35)36)12-23(34)32-9-7-17-18-4-3-8-31-25(18)33(19(17)14-32)13-16-5-6-22(39-16)27(28,29)30/h3-6,8,10-11H,7,9,12-14H2,1-2H3,(H,35,36). The van der Waals surface area contributed by atoms with Gasteiger partial charge in [-0.15, -0.1) is 11.3 Å². The quantitative estimate of drug-likeness (QED) is 0.342. The van der Waals surface area contributed by atoms with Crippen LogP contribution in [0, 0.1) is 0 Å². The third kappa shape index (κ3) is 5.03. The Morgan fingerprint density at radius 1 is 1.13 bits per heavy atom. The summed E-state index contributed by atoms with van der Waals surface area (Å²) in [6, 6.07) is 9.33. The fourth-order valence-corrected chi connectivity index (χ4v) is 5.84. The maximum atomic E-state index is 13.4. The van der Waals surface area contributed by atoms with Crippen molar-refractivity contribution >= 4 is 34.2 Å². The summed E-state index contributed by atoms with van der Waals surface area (Å²) in [5, 5.41) is 10.4. The second-order valence-corrected chi connectivity index (χ2v) is 10.2. The number of nitrogens with zero attached hydrogens (tertiary/aromatic N) is 3. The van der Waals surface area contributed by atoms with Crippen LogP contribution in [0.3, 0.4) is 0 Å². The van der Waals surface area contributed by atoms with Crippen LogP contribution in [0.5, 0.6) is 11.5 Å². The molecule has 0 aliphatic carbocycles. The number of aromatic carboxylic acids is 1. The maximum Gasteiger partial charge on any atom is 0.425 e. The number of carboxylic acids is 1. The lowest BCUT2D eigenvalue weighted by atomic mass is 10.0. The van der Waals surface area contributed by atoms with Crippen molar-refractivity contribution in [3.05, 3.63) is 74.7 Å². The molecule has 0 fully saturated rings. The van der Waals surface area contributed by atoms with Gasteiger partial charge in [-0.1, -0.05) is 0 Å². The average Bonchev–Trinajstić information content (AvgIpc) is 3.51. The monoisotopic (exact) mass is 559 g/mol. The second kappa shape index (κ2) is 10.3. The van der Waals surface area contributed by atoms with Crippen LogP contribution in [0.15, 0.2) is 42.6 Å². The van der Waals surface area contributed by atoms with Crippen LogP contribution in [0.25, 0.3) is 11.0 Å². The van der Waals surface area contributed by atoms with Gasteiger partial charge in [0.2, 0.25) is 5.91 Å². The van der Waals surface area contributed by atoms with Gasteiger partial charge in [-0.2, -0.15) is 13.2 Å². The van der Waals surface area contributed by atoms with Gasteiger partial charge in [0.15, 0.2) is 0 Å². The smallest absolute Gasteiger partial charge is 0.425 e. The molecule has 1 aliphatic heterocycles. The van der Waals surface area contributed by atoms with Crippen LogP contribution < -0.4 is 9.47 Å². The Balaban J connectivity index is 1.44. The number of halogens is 3. The van der Waals surface area contributed by atoms with Crippen molar-refractivity contribution in [1.29, 1.82) is 0 Å². The van der Waals surface area contributed by atoms with E-state index in [1.807, 2.05) is 16.7 Å². The first-order chi connectivity index (χ1) is 18.6. The number of methoxy groups -OCH3 is 2. The summed E-state index contributed by atoms with van der Waals surface area (Å²) in [7, 11) is 2.69. The molecule has 39 heavy (non-hydrogen) atoms. The number of carbonyl (C=O) groups is 2. The number of benzene rings is 1. The van der Waals surface area contributed by atoms with E-state index in [0.717, 1.165) is 22.7 Å². The summed E-state index contributed by atoms with van der Waals surface area (Å²) in [5.41, 5.74) is 2.94. The van der Waals surface area contributed by atoms with Gasteiger partial charge >= 0.3 is 12.1 Å². The first kappa shape index (κ1) is 26.5. The molecule has 0 spiro atoms. The lowest BCUT2D eigenvalue weighted by Gasteiger charge is -2.29. The molecule has 3 aromatic heterocycles. The van der Waals surface area contributed by atoms with E-state index >= 15 is 0 Å². The van der Waals surface area contributed by atoms with Gasteiger partial charge in [0.05, 0.1) is 33.7 Å². The SMILES string of the molecule is COc1cc(CC(=O)N2CCc3c(n(Cc4ccc(C(F)(F)F)s4)c4ncccc34)C2)cc(OC)c1C(=O)O. The molecule has 4 aromatic rings. The Morgan fingerprint density at radius 2 is 1.85 bits per heavy atom. The first-order valence-corrected chi connectivity index (χ1v) is 12.8. The zero-order valence-corrected chi connectivity index (χ0v) is 21.9. The first-order valence-electron chi connectivity index (χ1n) is 12.0. The molecule has 0 radical (unpaired) electrons. The number of alkyl halides is 3. The van der Waals surface area contributed by atoms with Gasteiger partial charge in [0.25, 0.3) is 0 Å². The average molecular weight is 560 g/mol. The predicted molar refractivity (Wildman–Crippen MR) is 137 cm³/mol. The number of amides is 1. The van der Waals surface area contributed by atoms with E-state index < -0.39 is 17.0 Å². The Bertz CT molecular complexity index is 1550. The molecule has 0 atom stereocenters. The number of hydrogen-bond donors (Lipinski definition) is 1. The van der Waals surface area contributed by atoms with Gasteiger partial charge in [0, 0.05) is 28.7 Å². The van der Waals surface area contributed by atoms with Crippen LogP contribution >= 0.6 is 11.3 Å². The largest absolute Gasteiger partial charge is 0.496 e. The van der Waals surface area contributed by atoms with Crippen molar-refractivity contribution in [2.45, 2.75) is 32.1 Å². The molecule has 0 bridgehead atoms. The highest BCUT2D eigenvalue weighted by atomic mass is 32.1. The van der Waals surface area contributed by atoms with Crippen LogP contribution in [0.2, 0.25) is 0 Å². The molecule has 1 N–H and O–H groups in total. The van der Waals surface area contributed by atoms with E-state index in [0.29, 0.717) is 40.4 Å². The number of hydrogen-bond acceptors (Lipinski definition) is 6. The minimum absolute atomic E-state index is 0.0136. The van der Waals surface area contributed by atoms with Gasteiger partial charge in [0.1, 0.15) is 27.6 Å². The number of ether oxygens (including phenoxy) is 2. The lowest BCUT2D eigenvalue weighted by molar-refractivity contribution is -0.134. The zero-order valence-electron chi connectivity index (χ0n) is 21.0. The lowest BCUT2D eigenvalue weighted by Crippen LogP contribution is -2.37. The molecule has 0 saturated carbocycles. The number of fused-ring (bicyclic) bond motifs is 3. The van der Waals surface area contributed by atoms with Crippen molar-refractivity contribution in [2.24, 2.45) is 0 Å². The fraction of sp³-hybridized carbons (Fsp3) is 0.296. The Morgan fingerprint density at radius 3 is 2.46 bits per heavy atom. The van der Waals surface area contributed by atoms with E-state index in [9.17, 15) is 27.9 Å². The van der Waals surface area contributed by atoms with E-state index in [2.05, 4.69) is 4.98 Å². The molecule has 1 amide bonds. The van der Waals surface area contributed by atoms with Crippen molar-refractivity contribution in [3.8, 4) is 11.5 Å². The van der Waals surface area contributed by atoms with E-state index in [1.54, 1.807) is 11.1 Å². The number of carboxylic acid groups (broad SMARTS) is 1. The second-order valence-electron chi connectivity index (χ2n) is 9.07. The van der Waals surface area contributed by atoms with Gasteiger partial charge in [-0.3, -0.25) is 4.79 Å². The summed E-state index contributed by atoms with van der Waals surface area (Å²) < 4.78 is 51.9. The predicted octanol–water partition coefficient (Wildman–Crippen LogP) is 5.01. The number of aromatic nitrogens is 2. The minimum atomic E-state index is -4.41. The molecule has 4 heterocycles. The van der Waals surface area contributed by atoms with Gasteiger partial charge in [-0.05, 0) is 53.9 Å². The maximum absolute atomic E-state index is 13.4. The van der Waals surface area contributed by atoms with E-state index in [-0.39, 0.29) is 42.5 Å². The van der Waals surface area contributed by atoms with Crippen molar-refractivity contribution in [2.75, 3.05) is 20.8 Å². The third-order valence-electron chi connectivity index (χ3n) is 6.76. The summed E-state index contributed by atoms with van der Waals surface area (Å²) in [6.45, 7) is 0.929. The normalized spacial score (nSPS) is 13.4. The highest BCUT2D eigenvalue weighted by Crippen LogP contribution is 2.37. The topological polar surface area (TPSA) is 93.9 Å². The van der Waals surface area contributed by atoms with E-state index in [1.165, 1.54) is 32.4 Å². The molecule has 1 aromatic carbocycles. The molecule has 8 nitrogen and oxygen atoms in total. The molecule has 12 heteroatoms. The van der Waals surface area contributed by atoms with Crippen LogP contribution in [-0.4, -0.2) is 52.2 Å². The summed E-state index contributed by atoms with van der Waals surface area (Å²) in [4.78, 5) is 31.1. The number of pyridine rings is 1. The molecule has 1 aliphatic rings. The molecule has 0 saturated heterocycles. The number of carbonyl (C=O) groups excluding carboxylic acids is 1. The number of rotatable bonds is 7. The Labute approximate surface area is 225 Å². The number of thiophene rings is 1. The third-order valence-corrected chi connectivity index (χ3v) is 7.87. The van der Waals surface area contributed by atoms with Gasteiger partial charge < -0.3 is 24.0 Å². The Hall–Kier alpha value is -4.06. The summed E-state index contributed by atoms with van der Waals surface area (Å²) >= 11 is 0.697. The summed E-state index contributed by atoms with van der Waals surface area (Å²) in [6.07, 6.45) is -2.21.